The van der Waals surface area contributed by atoms with Gasteiger partial charge in [-0.05, 0) is 5.41 Å². The first-order chi connectivity index (χ1) is 7.63. The topological polar surface area (TPSA) is 89.2 Å². The standard InChI is InChI=1S/C10H18N4O2S/c1-10(2,3)7-14(4)17(15,16)8-5-12-9(11)13-6-8/h5-6H,7H2,1-4H3,(H2,11,12,13). The molecule has 0 atom stereocenters. The van der Waals surface area contributed by atoms with E-state index in [4.69, 9.17) is 5.73 Å². The van der Waals surface area contributed by atoms with Crippen molar-refractivity contribution in [2.45, 2.75) is 25.7 Å². The molecule has 0 bridgehead atoms. The Bertz CT molecular complexity index is 476. The van der Waals surface area contributed by atoms with Crippen molar-refractivity contribution in [3.8, 4) is 0 Å². The molecule has 1 heterocycles. The van der Waals surface area contributed by atoms with Gasteiger partial charge >= 0.3 is 0 Å². The van der Waals surface area contributed by atoms with Gasteiger partial charge in [0.15, 0.2) is 0 Å². The fourth-order valence-electron chi connectivity index (χ4n) is 1.39. The zero-order valence-electron chi connectivity index (χ0n) is 10.5. The summed E-state index contributed by atoms with van der Waals surface area (Å²) in [6.45, 7) is 6.33. The van der Waals surface area contributed by atoms with Crippen molar-refractivity contribution in [2.24, 2.45) is 5.41 Å². The van der Waals surface area contributed by atoms with Crippen LogP contribution in [0.25, 0.3) is 0 Å². The van der Waals surface area contributed by atoms with E-state index in [0.717, 1.165) is 0 Å². The Morgan fingerprint density at radius 1 is 1.29 bits per heavy atom. The van der Waals surface area contributed by atoms with Crippen LogP contribution in [-0.4, -0.2) is 36.3 Å². The lowest BCUT2D eigenvalue weighted by Gasteiger charge is -2.25. The third-order valence-corrected chi connectivity index (χ3v) is 3.81. The van der Waals surface area contributed by atoms with Crippen LogP contribution in [0.4, 0.5) is 5.95 Å². The Balaban J connectivity index is 2.99. The van der Waals surface area contributed by atoms with Gasteiger partial charge < -0.3 is 5.73 Å². The quantitative estimate of drug-likeness (QED) is 0.863. The third-order valence-electron chi connectivity index (χ3n) is 2.05. The summed E-state index contributed by atoms with van der Waals surface area (Å²) in [5.41, 5.74) is 5.20. The molecule has 0 aromatic carbocycles. The number of hydrogen-bond acceptors (Lipinski definition) is 5. The highest BCUT2D eigenvalue weighted by Crippen LogP contribution is 2.19. The Hall–Kier alpha value is -1.21. The van der Waals surface area contributed by atoms with Gasteiger partial charge in [-0.25, -0.2) is 22.7 Å². The number of hydrogen-bond donors (Lipinski definition) is 1. The molecule has 0 spiro atoms. The zero-order valence-corrected chi connectivity index (χ0v) is 11.3. The van der Waals surface area contributed by atoms with Crippen LogP contribution in [0, 0.1) is 5.41 Å². The lowest BCUT2D eigenvalue weighted by Crippen LogP contribution is -2.34. The van der Waals surface area contributed by atoms with Crippen molar-refractivity contribution in [2.75, 3.05) is 19.3 Å². The normalized spacial score (nSPS) is 13.0. The first-order valence-corrected chi connectivity index (χ1v) is 6.61. The maximum atomic E-state index is 12.1. The van der Waals surface area contributed by atoms with E-state index in [2.05, 4.69) is 9.97 Å². The van der Waals surface area contributed by atoms with Crippen LogP contribution in [0.15, 0.2) is 17.3 Å². The largest absolute Gasteiger partial charge is 0.368 e. The lowest BCUT2D eigenvalue weighted by molar-refractivity contribution is 0.310. The van der Waals surface area contributed by atoms with Crippen molar-refractivity contribution in [1.82, 2.24) is 14.3 Å². The van der Waals surface area contributed by atoms with Crippen molar-refractivity contribution in [3.05, 3.63) is 12.4 Å². The molecule has 1 aromatic rings. The Morgan fingerprint density at radius 3 is 2.18 bits per heavy atom. The Morgan fingerprint density at radius 2 is 1.76 bits per heavy atom. The van der Waals surface area contributed by atoms with Crippen LogP contribution in [0.5, 0.6) is 0 Å². The molecule has 0 amide bonds. The van der Waals surface area contributed by atoms with E-state index >= 15 is 0 Å². The minimum Gasteiger partial charge on any atom is -0.368 e. The highest BCUT2D eigenvalue weighted by atomic mass is 32.2. The van der Waals surface area contributed by atoms with E-state index in [-0.39, 0.29) is 16.3 Å². The summed E-state index contributed by atoms with van der Waals surface area (Å²) in [5, 5.41) is 0. The molecular formula is C10H18N4O2S. The number of nitrogens with two attached hydrogens (primary N) is 1. The molecule has 0 unspecified atom stereocenters. The average molecular weight is 258 g/mol. The fourth-order valence-corrected chi connectivity index (χ4v) is 2.68. The molecule has 0 aliphatic rings. The van der Waals surface area contributed by atoms with Gasteiger partial charge in [0.2, 0.25) is 16.0 Å². The van der Waals surface area contributed by atoms with E-state index in [1.54, 1.807) is 0 Å². The summed E-state index contributed by atoms with van der Waals surface area (Å²) in [7, 11) is -2.00. The van der Waals surface area contributed by atoms with E-state index in [9.17, 15) is 8.42 Å². The number of nitrogens with zero attached hydrogens (tertiary/aromatic N) is 3. The first-order valence-electron chi connectivity index (χ1n) is 5.17. The Kier molecular flexibility index (Phi) is 3.73. The summed E-state index contributed by atoms with van der Waals surface area (Å²) in [5.74, 6) is 0.0578. The summed E-state index contributed by atoms with van der Waals surface area (Å²) in [6.07, 6.45) is 2.44. The molecule has 2 N–H and O–H groups in total. The van der Waals surface area contributed by atoms with E-state index in [1.807, 2.05) is 20.8 Å². The third kappa shape index (κ3) is 3.64. The molecule has 0 saturated heterocycles. The van der Waals surface area contributed by atoms with Gasteiger partial charge in [-0.3, -0.25) is 0 Å². The molecule has 96 valence electrons. The molecule has 0 fully saturated rings. The van der Waals surface area contributed by atoms with E-state index in [0.29, 0.717) is 6.54 Å². The number of sulfonamides is 1. The van der Waals surface area contributed by atoms with Gasteiger partial charge in [-0.2, -0.15) is 0 Å². The highest BCUT2D eigenvalue weighted by molar-refractivity contribution is 7.89. The summed E-state index contributed by atoms with van der Waals surface area (Å²) < 4.78 is 25.5. The zero-order chi connectivity index (χ0) is 13.3. The van der Waals surface area contributed by atoms with Crippen LogP contribution in [0.1, 0.15) is 20.8 Å². The molecule has 6 nitrogen and oxygen atoms in total. The van der Waals surface area contributed by atoms with Gasteiger partial charge in [0.25, 0.3) is 0 Å². The second kappa shape index (κ2) is 4.58. The van der Waals surface area contributed by atoms with Gasteiger partial charge in [0.1, 0.15) is 4.90 Å². The van der Waals surface area contributed by atoms with Crippen molar-refractivity contribution >= 4 is 16.0 Å². The molecule has 7 heteroatoms. The summed E-state index contributed by atoms with van der Waals surface area (Å²) in [4.78, 5) is 7.42. The van der Waals surface area contributed by atoms with Crippen molar-refractivity contribution < 1.29 is 8.42 Å². The Labute approximate surface area is 102 Å². The molecular weight excluding hydrogens is 240 g/mol. The van der Waals surface area contributed by atoms with E-state index in [1.165, 1.54) is 23.7 Å². The molecule has 1 aromatic heterocycles. The molecule has 17 heavy (non-hydrogen) atoms. The first kappa shape index (κ1) is 13.9. The van der Waals surface area contributed by atoms with Crippen LogP contribution < -0.4 is 5.73 Å². The molecule has 0 aliphatic carbocycles. The van der Waals surface area contributed by atoms with Crippen molar-refractivity contribution in [3.63, 3.8) is 0 Å². The minimum atomic E-state index is -3.54. The molecule has 0 saturated carbocycles. The number of nitrogen functional groups attached to an aromatic ring is 1. The fraction of sp³-hybridized carbons (Fsp3) is 0.600. The van der Waals surface area contributed by atoms with Crippen molar-refractivity contribution in [1.29, 1.82) is 0 Å². The van der Waals surface area contributed by atoms with Gasteiger partial charge in [-0.15, -0.1) is 0 Å². The average Bonchev–Trinajstić information content (AvgIpc) is 2.15. The van der Waals surface area contributed by atoms with Gasteiger partial charge in [-0.1, -0.05) is 20.8 Å². The summed E-state index contributed by atoms with van der Waals surface area (Å²) >= 11 is 0. The number of rotatable bonds is 3. The van der Waals surface area contributed by atoms with Crippen LogP contribution in [0.3, 0.4) is 0 Å². The monoisotopic (exact) mass is 258 g/mol. The lowest BCUT2D eigenvalue weighted by atomic mass is 9.97. The maximum absolute atomic E-state index is 12.1. The second-order valence-corrected chi connectivity index (χ2v) is 7.14. The SMILES string of the molecule is CN(CC(C)(C)C)S(=O)(=O)c1cnc(N)nc1. The summed E-state index contributed by atoms with van der Waals surface area (Å²) in [6, 6.07) is 0. The number of anilines is 1. The predicted octanol–water partition coefficient (Wildman–Crippen LogP) is 0.725. The maximum Gasteiger partial charge on any atom is 0.245 e. The van der Waals surface area contributed by atoms with Gasteiger partial charge in [0, 0.05) is 13.6 Å². The smallest absolute Gasteiger partial charge is 0.245 e. The predicted molar refractivity (Wildman–Crippen MR) is 65.7 cm³/mol. The van der Waals surface area contributed by atoms with Crippen LogP contribution in [-0.2, 0) is 10.0 Å². The number of aromatic nitrogens is 2. The van der Waals surface area contributed by atoms with Crippen LogP contribution in [0.2, 0.25) is 0 Å². The molecule has 0 radical (unpaired) electrons. The van der Waals surface area contributed by atoms with E-state index < -0.39 is 10.0 Å². The minimum absolute atomic E-state index is 0.0541. The molecule has 0 aliphatic heterocycles. The molecule has 1 rings (SSSR count). The second-order valence-electron chi connectivity index (χ2n) is 5.10. The highest BCUT2D eigenvalue weighted by Gasteiger charge is 2.25. The van der Waals surface area contributed by atoms with Gasteiger partial charge in [0.05, 0.1) is 12.4 Å². The van der Waals surface area contributed by atoms with Crippen LogP contribution >= 0.6 is 0 Å².